The number of aromatic nitrogens is 7. The third-order valence-corrected chi connectivity index (χ3v) is 3.98. The number of hydrogen-bond donors (Lipinski definition) is 2. The van der Waals surface area contributed by atoms with Gasteiger partial charge in [-0.2, -0.15) is 10.1 Å². The normalized spacial score (nSPS) is 10.6. The van der Waals surface area contributed by atoms with Gasteiger partial charge in [-0.1, -0.05) is 25.9 Å². The average Bonchev–Trinajstić information content (AvgIpc) is 3.44. The highest BCUT2D eigenvalue weighted by Gasteiger charge is 2.14. The number of nitrogens with zero attached hydrogens (tertiary/aromatic N) is 7. The number of amides is 1. The molecule has 0 saturated heterocycles. The Kier molecular flexibility index (Phi) is 7.79. The maximum absolute atomic E-state index is 11.6. The molecule has 4 aromatic heterocycles. The van der Waals surface area contributed by atoms with E-state index in [1.807, 2.05) is 19.1 Å². The first-order chi connectivity index (χ1) is 15.9. The van der Waals surface area contributed by atoms with E-state index >= 15 is 0 Å². The predicted molar refractivity (Wildman–Crippen MR) is 123 cm³/mol. The summed E-state index contributed by atoms with van der Waals surface area (Å²) in [6, 6.07) is 3.64. The van der Waals surface area contributed by atoms with Crippen molar-refractivity contribution in [1.29, 1.82) is 0 Å². The lowest BCUT2D eigenvalue weighted by Crippen LogP contribution is -2.27. The summed E-state index contributed by atoms with van der Waals surface area (Å²) in [5.41, 5.74) is 8.26. The number of pyridine rings is 1. The highest BCUT2D eigenvalue weighted by atomic mass is 16.5. The molecule has 0 saturated carbocycles. The van der Waals surface area contributed by atoms with E-state index in [4.69, 9.17) is 10.3 Å². The van der Waals surface area contributed by atoms with Crippen LogP contribution in [0.4, 0.5) is 5.95 Å². The van der Waals surface area contributed by atoms with Gasteiger partial charge in [0, 0.05) is 42.5 Å². The molecule has 0 aliphatic heterocycles. The minimum Gasteiger partial charge on any atom is -0.368 e. The molecule has 0 atom stereocenters. The van der Waals surface area contributed by atoms with Crippen LogP contribution in [-0.2, 0) is 11.3 Å². The molecule has 11 nitrogen and oxygen atoms in total. The maximum atomic E-state index is 11.6. The maximum Gasteiger partial charge on any atom is 0.261 e. The Labute approximate surface area is 191 Å². The summed E-state index contributed by atoms with van der Waals surface area (Å²) < 4.78 is 6.83. The smallest absolute Gasteiger partial charge is 0.261 e. The third-order valence-electron chi connectivity index (χ3n) is 3.98. The summed E-state index contributed by atoms with van der Waals surface area (Å²) in [6.45, 7) is 9.05. The number of carbonyl (C=O) groups is 1. The first-order valence-corrected chi connectivity index (χ1v) is 10.5. The number of carbonyl (C=O) groups excluding carboxylic acids is 1. The van der Waals surface area contributed by atoms with Crippen molar-refractivity contribution < 1.29 is 9.32 Å². The van der Waals surface area contributed by atoms with Crippen LogP contribution in [0.5, 0.6) is 0 Å². The summed E-state index contributed by atoms with van der Waals surface area (Å²) in [4.78, 5) is 28.3. The zero-order valence-electron chi connectivity index (χ0n) is 19.1. The van der Waals surface area contributed by atoms with Gasteiger partial charge in [0.15, 0.2) is 0 Å². The van der Waals surface area contributed by atoms with Crippen LogP contribution < -0.4 is 11.1 Å². The summed E-state index contributed by atoms with van der Waals surface area (Å²) in [5, 5.41) is 10.9. The number of rotatable bonds is 6. The number of anilines is 1. The second kappa shape index (κ2) is 10.9. The lowest BCUT2D eigenvalue weighted by Gasteiger charge is -2.01. The second-order valence-corrected chi connectivity index (χ2v) is 7.80. The van der Waals surface area contributed by atoms with Crippen molar-refractivity contribution in [2.75, 3.05) is 12.3 Å². The Balaban J connectivity index is 0.000000709. The summed E-state index contributed by atoms with van der Waals surface area (Å²) in [6.07, 6.45) is 8.09. The second-order valence-electron chi connectivity index (χ2n) is 7.80. The largest absolute Gasteiger partial charge is 0.368 e. The van der Waals surface area contributed by atoms with Gasteiger partial charge >= 0.3 is 0 Å². The predicted octanol–water partition coefficient (Wildman–Crippen LogP) is 2.83. The molecular formula is C22H27N9O2. The van der Waals surface area contributed by atoms with Gasteiger partial charge in [-0.05, 0) is 25.0 Å². The molecule has 1 amide bonds. The van der Waals surface area contributed by atoms with E-state index in [9.17, 15) is 4.79 Å². The zero-order chi connectivity index (χ0) is 23.8. The molecule has 0 unspecified atom stereocenters. The van der Waals surface area contributed by atoms with Gasteiger partial charge in [0.05, 0.1) is 17.5 Å². The Morgan fingerprint density at radius 1 is 1.06 bits per heavy atom. The van der Waals surface area contributed by atoms with Crippen LogP contribution in [0.2, 0.25) is 0 Å². The standard InChI is InChI=1S/C18H17N9O2.C4H10/c1-2-20-15(28)10-27-9-13(8-24-27)17-25-16(26-29-17)11-3-4-14(21-5-11)12-6-22-18(19)23-7-12;1-4(2)3/h3-9H,2,10H2,1H3,(H,20,28)(H2,19,22,23);4H,1-3H3. The minimum absolute atomic E-state index is 0.119. The lowest BCUT2D eigenvalue weighted by atomic mass is 10.2. The van der Waals surface area contributed by atoms with Crippen LogP contribution >= 0.6 is 0 Å². The molecule has 0 fully saturated rings. The molecule has 0 radical (unpaired) electrons. The van der Waals surface area contributed by atoms with Gasteiger partial charge in [0.2, 0.25) is 17.7 Å². The quantitative estimate of drug-likeness (QED) is 0.453. The lowest BCUT2D eigenvalue weighted by molar-refractivity contribution is -0.121. The Morgan fingerprint density at radius 2 is 1.76 bits per heavy atom. The monoisotopic (exact) mass is 449 g/mol. The fraction of sp³-hybridized carbons (Fsp3) is 0.318. The number of hydrogen-bond acceptors (Lipinski definition) is 9. The fourth-order valence-electron chi connectivity index (χ4n) is 2.59. The average molecular weight is 450 g/mol. The van der Waals surface area contributed by atoms with Crippen LogP contribution in [0, 0.1) is 5.92 Å². The molecule has 4 aromatic rings. The molecule has 0 aromatic carbocycles. The third kappa shape index (κ3) is 6.66. The molecule has 0 spiro atoms. The Hall–Kier alpha value is -4.15. The van der Waals surface area contributed by atoms with Crippen molar-refractivity contribution in [2.45, 2.75) is 34.2 Å². The van der Waals surface area contributed by atoms with Gasteiger partial charge in [-0.25, -0.2) is 9.97 Å². The molecule has 11 heteroatoms. The van der Waals surface area contributed by atoms with Crippen LogP contribution in [-0.4, -0.2) is 47.3 Å². The zero-order valence-corrected chi connectivity index (χ0v) is 19.1. The number of nitrogens with two attached hydrogens (primary N) is 1. The van der Waals surface area contributed by atoms with Gasteiger partial charge < -0.3 is 15.6 Å². The Bertz CT molecular complexity index is 1160. The minimum atomic E-state index is -0.119. The summed E-state index contributed by atoms with van der Waals surface area (Å²) in [7, 11) is 0. The highest BCUT2D eigenvalue weighted by molar-refractivity contribution is 5.75. The van der Waals surface area contributed by atoms with Crippen LogP contribution in [0.3, 0.4) is 0 Å². The molecule has 4 heterocycles. The Morgan fingerprint density at radius 3 is 2.39 bits per heavy atom. The first-order valence-electron chi connectivity index (χ1n) is 10.5. The molecule has 3 N–H and O–H groups in total. The van der Waals surface area contributed by atoms with Crippen molar-refractivity contribution in [3.05, 3.63) is 43.1 Å². The van der Waals surface area contributed by atoms with Crippen LogP contribution in [0.15, 0.2) is 47.6 Å². The van der Waals surface area contributed by atoms with Gasteiger partial charge in [-0.15, -0.1) is 0 Å². The van der Waals surface area contributed by atoms with Crippen molar-refractivity contribution in [3.8, 4) is 34.1 Å². The van der Waals surface area contributed by atoms with Crippen molar-refractivity contribution in [2.24, 2.45) is 5.92 Å². The number of nitrogen functional groups attached to an aromatic ring is 1. The van der Waals surface area contributed by atoms with E-state index in [0.717, 1.165) is 11.5 Å². The van der Waals surface area contributed by atoms with Crippen LogP contribution in [0.25, 0.3) is 34.1 Å². The van der Waals surface area contributed by atoms with Gasteiger partial charge in [-0.3, -0.25) is 14.5 Å². The van der Waals surface area contributed by atoms with Gasteiger partial charge in [0.1, 0.15) is 6.54 Å². The summed E-state index contributed by atoms with van der Waals surface area (Å²) in [5.74, 6) is 1.62. The summed E-state index contributed by atoms with van der Waals surface area (Å²) >= 11 is 0. The van der Waals surface area contributed by atoms with E-state index in [0.29, 0.717) is 35.1 Å². The van der Waals surface area contributed by atoms with E-state index < -0.39 is 0 Å². The highest BCUT2D eigenvalue weighted by Crippen LogP contribution is 2.23. The molecule has 0 bridgehead atoms. The SMILES string of the molecule is CC(C)C.CCNC(=O)Cn1cc(-c2nc(-c3ccc(-c4cnc(N)nc4)nc3)no2)cn1. The van der Waals surface area contributed by atoms with E-state index in [-0.39, 0.29) is 18.4 Å². The van der Waals surface area contributed by atoms with Crippen molar-refractivity contribution in [1.82, 2.24) is 40.2 Å². The fourth-order valence-corrected chi connectivity index (χ4v) is 2.59. The topological polar surface area (TPSA) is 151 Å². The number of nitrogens with one attached hydrogen (secondary N) is 1. The van der Waals surface area contributed by atoms with E-state index in [1.54, 1.807) is 31.0 Å². The molecule has 0 aliphatic carbocycles. The van der Waals surface area contributed by atoms with Crippen molar-refractivity contribution in [3.63, 3.8) is 0 Å². The first kappa shape index (κ1) is 23.5. The molecule has 172 valence electrons. The molecular weight excluding hydrogens is 422 g/mol. The molecule has 0 aliphatic rings. The van der Waals surface area contributed by atoms with Gasteiger partial charge in [0.25, 0.3) is 5.89 Å². The van der Waals surface area contributed by atoms with E-state index in [1.165, 1.54) is 4.68 Å². The van der Waals surface area contributed by atoms with Crippen LogP contribution in [0.1, 0.15) is 27.7 Å². The molecule has 4 rings (SSSR count). The number of likely N-dealkylation sites (N-methyl/N-ethyl adjacent to an activating group) is 1. The molecule has 33 heavy (non-hydrogen) atoms. The van der Waals surface area contributed by atoms with Crippen molar-refractivity contribution >= 4 is 11.9 Å². The van der Waals surface area contributed by atoms with E-state index in [2.05, 4.69) is 56.3 Å².